The number of non-ortho nitro benzene ring substituents is 1. The van der Waals surface area contributed by atoms with Gasteiger partial charge in [0.2, 0.25) is 0 Å². The Morgan fingerprint density at radius 2 is 2.00 bits per heavy atom. The second-order valence-electron chi connectivity index (χ2n) is 4.71. The van der Waals surface area contributed by atoms with Crippen LogP contribution in [-0.4, -0.2) is 23.3 Å². The molecular weight excluding hydrogens is 220 g/mol. The molecule has 2 aliphatic rings. The van der Waals surface area contributed by atoms with Gasteiger partial charge in [-0.15, -0.1) is 0 Å². The van der Waals surface area contributed by atoms with Crippen molar-refractivity contribution >= 4 is 17.2 Å². The van der Waals surface area contributed by atoms with Crippen LogP contribution in [-0.2, 0) is 4.79 Å². The van der Waals surface area contributed by atoms with Gasteiger partial charge in [-0.2, -0.15) is 0 Å². The predicted octanol–water partition coefficient (Wildman–Crippen LogP) is 1.76. The fourth-order valence-electron chi connectivity index (χ4n) is 2.85. The highest BCUT2D eigenvalue weighted by atomic mass is 16.6. The minimum absolute atomic E-state index is 0.00135. The fourth-order valence-corrected chi connectivity index (χ4v) is 2.85. The summed E-state index contributed by atoms with van der Waals surface area (Å²) in [6, 6.07) is 6.44. The fraction of sp³-hybridized carbons (Fsp3) is 0.417. The Hall–Kier alpha value is -1.91. The Morgan fingerprint density at radius 3 is 2.53 bits per heavy atom. The Kier molecular flexibility index (Phi) is 2.14. The van der Waals surface area contributed by atoms with Crippen molar-refractivity contribution in [2.45, 2.75) is 18.9 Å². The largest absolute Gasteiger partial charge is 0.361 e. The number of carbonyl (C=O) groups excluding carboxylic acids is 1. The summed E-state index contributed by atoms with van der Waals surface area (Å²) in [6.07, 6.45) is 1.64. The van der Waals surface area contributed by atoms with E-state index in [0.717, 1.165) is 18.7 Å². The number of ketones is 1. The highest BCUT2D eigenvalue weighted by molar-refractivity contribution is 5.91. The highest BCUT2D eigenvalue weighted by Gasteiger charge is 2.44. The van der Waals surface area contributed by atoms with Gasteiger partial charge >= 0.3 is 0 Å². The molecule has 1 saturated carbocycles. The van der Waals surface area contributed by atoms with E-state index in [4.69, 9.17) is 0 Å². The zero-order valence-corrected chi connectivity index (χ0v) is 9.20. The number of anilines is 1. The summed E-state index contributed by atoms with van der Waals surface area (Å²) in [7, 11) is 0. The van der Waals surface area contributed by atoms with Crippen molar-refractivity contribution in [1.82, 2.24) is 0 Å². The van der Waals surface area contributed by atoms with Gasteiger partial charge in [0.1, 0.15) is 0 Å². The molecule has 1 saturated heterocycles. The number of nitro benzene ring substituents is 1. The van der Waals surface area contributed by atoms with Gasteiger partial charge in [-0.25, -0.2) is 0 Å². The first-order valence-electron chi connectivity index (χ1n) is 5.69. The molecule has 1 aromatic rings. The van der Waals surface area contributed by atoms with Crippen LogP contribution in [0, 0.1) is 16.0 Å². The number of benzene rings is 1. The molecule has 17 heavy (non-hydrogen) atoms. The van der Waals surface area contributed by atoms with Gasteiger partial charge in [-0.05, 0) is 24.5 Å². The second-order valence-corrected chi connectivity index (χ2v) is 4.71. The first-order valence-corrected chi connectivity index (χ1v) is 5.69. The van der Waals surface area contributed by atoms with Crippen LogP contribution >= 0.6 is 0 Å². The van der Waals surface area contributed by atoms with Crippen molar-refractivity contribution in [2.75, 3.05) is 11.4 Å². The van der Waals surface area contributed by atoms with Crippen molar-refractivity contribution in [3.8, 4) is 0 Å². The summed E-state index contributed by atoms with van der Waals surface area (Å²) in [4.78, 5) is 23.9. The van der Waals surface area contributed by atoms with Crippen LogP contribution in [0.3, 0.4) is 0 Å². The van der Waals surface area contributed by atoms with Crippen molar-refractivity contribution in [1.29, 1.82) is 0 Å². The molecule has 2 unspecified atom stereocenters. The normalized spacial score (nSPS) is 26.6. The number of nitrogens with zero attached hydrogens (tertiary/aromatic N) is 2. The molecule has 2 fully saturated rings. The van der Waals surface area contributed by atoms with Gasteiger partial charge in [0.05, 0.1) is 11.0 Å². The number of rotatable bonds is 2. The maximum Gasteiger partial charge on any atom is 0.269 e. The maximum absolute atomic E-state index is 11.6. The van der Waals surface area contributed by atoms with Crippen molar-refractivity contribution in [3.05, 3.63) is 34.4 Å². The van der Waals surface area contributed by atoms with Crippen LogP contribution < -0.4 is 4.90 Å². The Labute approximate surface area is 98.2 Å². The third-order valence-electron chi connectivity index (χ3n) is 3.64. The predicted molar refractivity (Wildman–Crippen MR) is 62.0 cm³/mol. The summed E-state index contributed by atoms with van der Waals surface area (Å²) in [6.45, 7) is 0.897. The standard InChI is InChI=1S/C12H12N2O3/c15-12-6-8-5-11(12)13(7-8)9-1-3-10(4-2-9)14(16)17/h1-4,8,11H,5-7H2. The lowest BCUT2D eigenvalue weighted by atomic mass is 10.1. The minimum atomic E-state index is -0.412. The first kappa shape index (κ1) is 10.3. The van der Waals surface area contributed by atoms with Crippen LogP contribution in [0.4, 0.5) is 11.4 Å². The maximum atomic E-state index is 11.6. The van der Waals surface area contributed by atoms with E-state index in [1.807, 2.05) is 0 Å². The number of fused-ring (bicyclic) bond motifs is 2. The van der Waals surface area contributed by atoms with Gasteiger partial charge < -0.3 is 4.90 Å². The number of piperidine rings is 1. The Balaban J connectivity index is 1.86. The molecule has 0 radical (unpaired) electrons. The molecule has 0 amide bonds. The van der Waals surface area contributed by atoms with Crippen LogP contribution in [0.1, 0.15) is 12.8 Å². The van der Waals surface area contributed by atoms with E-state index < -0.39 is 4.92 Å². The van der Waals surface area contributed by atoms with E-state index in [1.165, 1.54) is 12.1 Å². The lowest BCUT2D eigenvalue weighted by Gasteiger charge is -2.27. The number of nitro groups is 1. The minimum Gasteiger partial charge on any atom is -0.361 e. The molecule has 88 valence electrons. The Bertz CT molecular complexity index is 483. The molecule has 3 rings (SSSR count). The van der Waals surface area contributed by atoms with Crippen LogP contribution in [0.2, 0.25) is 0 Å². The third kappa shape index (κ3) is 1.58. The molecule has 0 N–H and O–H groups in total. The molecule has 1 aliphatic heterocycles. The molecular formula is C12H12N2O3. The monoisotopic (exact) mass is 232 g/mol. The average Bonchev–Trinajstić information content (AvgIpc) is 2.87. The highest BCUT2D eigenvalue weighted by Crippen LogP contribution is 2.38. The first-order chi connectivity index (χ1) is 8.15. The van der Waals surface area contributed by atoms with E-state index in [0.29, 0.717) is 18.1 Å². The summed E-state index contributed by atoms with van der Waals surface area (Å²) >= 11 is 0. The summed E-state index contributed by atoms with van der Waals surface area (Å²) in [5.74, 6) is 0.780. The molecule has 1 heterocycles. The lowest BCUT2D eigenvalue weighted by molar-refractivity contribution is -0.384. The van der Waals surface area contributed by atoms with E-state index >= 15 is 0 Å². The molecule has 1 aromatic carbocycles. The summed E-state index contributed by atoms with van der Waals surface area (Å²) in [5.41, 5.74) is 1.00. The zero-order chi connectivity index (χ0) is 12.0. The lowest BCUT2D eigenvalue weighted by Crippen LogP contribution is -2.38. The zero-order valence-electron chi connectivity index (χ0n) is 9.20. The molecule has 5 heteroatoms. The number of hydrogen-bond donors (Lipinski definition) is 0. The molecule has 0 spiro atoms. The van der Waals surface area contributed by atoms with Crippen molar-refractivity contribution in [3.63, 3.8) is 0 Å². The van der Waals surface area contributed by atoms with Gasteiger partial charge in [0.25, 0.3) is 5.69 Å². The smallest absolute Gasteiger partial charge is 0.269 e. The summed E-state index contributed by atoms with van der Waals surface area (Å²) in [5, 5.41) is 10.6. The van der Waals surface area contributed by atoms with Gasteiger partial charge in [-0.1, -0.05) is 0 Å². The van der Waals surface area contributed by atoms with E-state index in [9.17, 15) is 14.9 Å². The van der Waals surface area contributed by atoms with Crippen LogP contribution in [0.15, 0.2) is 24.3 Å². The Morgan fingerprint density at radius 1 is 1.29 bits per heavy atom. The average molecular weight is 232 g/mol. The molecule has 1 aliphatic carbocycles. The molecule has 0 aromatic heterocycles. The van der Waals surface area contributed by atoms with E-state index in [-0.39, 0.29) is 11.7 Å². The van der Waals surface area contributed by atoms with Crippen LogP contribution in [0.5, 0.6) is 0 Å². The quantitative estimate of drug-likeness (QED) is 0.575. The number of carbonyl (C=O) groups is 1. The van der Waals surface area contributed by atoms with Crippen LogP contribution in [0.25, 0.3) is 0 Å². The topological polar surface area (TPSA) is 63.5 Å². The number of hydrogen-bond acceptors (Lipinski definition) is 4. The van der Waals surface area contributed by atoms with Gasteiger partial charge in [0.15, 0.2) is 5.78 Å². The number of Topliss-reactive ketones (excluding diaryl/α,β-unsaturated/α-hetero) is 1. The third-order valence-corrected chi connectivity index (χ3v) is 3.64. The van der Waals surface area contributed by atoms with Gasteiger partial charge in [-0.3, -0.25) is 14.9 Å². The van der Waals surface area contributed by atoms with Gasteiger partial charge in [0, 0.05) is 30.8 Å². The van der Waals surface area contributed by atoms with E-state index in [2.05, 4.69) is 4.90 Å². The molecule has 2 bridgehead atoms. The molecule has 2 atom stereocenters. The van der Waals surface area contributed by atoms with Crippen molar-refractivity contribution in [2.24, 2.45) is 5.92 Å². The SMILES string of the molecule is O=C1CC2CC1N(c1ccc([N+](=O)[O-])cc1)C2. The molecule has 5 nitrogen and oxygen atoms in total. The second kappa shape index (κ2) is 3.55. The van der Waals surface area contributed by atoms with E-state index in [1.54, 1.807) is 12.1 Å². The summed E-state index contributed by atoms with van der Waals surface area (Å²) < 4.78 is 0. The van der Waals surface area contributed by atoms with Crippen molar-refractivity contribution < 1.29 is 9.72 Å².